The number of hydrogen-bond donors (Lipinski definition) is 1. The van der Waals surface area contributed by atoms with Gasteiger partial charge in [0.05, 0.1) is 0 Å². The second-order valence-corrected chi connectivity index (χ2v) is 5.37. The summed E-state index contributed by atoms with van der Waals surface area (Å²) in [6, 6.07) is 0.417. The Labute approximate surface area is 76.7 Å². The van der Waals surface area contributed by atoms with E-state index in [9.17, 15) is 0 Å². The summed E-state index contributed by atoms with van der Waals surface area (Å²) in [5.74, 6) is 0.727. The first-order valence-electron chi connectivity index (χ1n) is 5.11. The molecule has 1 aliphatic carbocycles. The second kappa shape index (κ2) is 2.73. The Balaban J connectivity index is 2.58. The fourth-order valence-electron chi connectivity index (χ4n) is 2.82. The Hall–Kier alpha value is -0.0400. The molecule has 0 spiro atoms. The number of hydrogen-bond acceptors (Lipinski definition) is 1. The first-order valence-corrected chi connectivity index (χ1v) is 5.11. The molecule has 0 aromatic rings. The van der Waals surface area contributed by atoms with Crippen molar-refractivity contribution in [2.24, 2.45) is 22.5 Å². The third kappa shape index (κ3) is 1.19. The van der Waals surface area contributed by atoms with Crippen LogP contribution in [0, 0.1) is 16.7 Å². The molecule has 2 N–H and O–H groups in total. The molecule has 0 bridgehead atoms. The topological polar surface area (TPSA) is 26.0 Å². The van der Waals surface area contributed by atoms with Crippen molar-refractivity contribution in [3.63, 3.8) is 0 Å². The predicted octanol–water partition coefficient (Wildman–Crippen LogP) is 2.80. The number of rotatable bonds is 3. The first kappa shape index (κ1) is 10.0. The third-order valence-electron chi connectivity index (χ3n) is 4.18. The van der Waals surface area contributed by atoms with Crippen molar-refractivity contribution in [2.45, 2.75) is 53.5 Å². The first-order chi connectivity index (χ1) is 5.35. The predicted molar refractivity (Wildman–Crippen MR) is 53.9 cm³/mol. The molecule has 1 rings (SSSR count). The lowest BCUT2D eigenvalue weighted by atomic mass is 10.0. The van der Waals surface area contributed by atoms with Crippen LogP contribution in [0.25, 0.3) is 0 Å². The molecule has 1 atom stereocenters. The Bertz CT molecular complexity index is 156. The summed E-state index contributed by atoms with van der Waals surface area (Å²) in [6.07, 6.45) is 2.39. The Kier molecular flexibility index (Phi) is 2.28. The molecule has 1 unspecified atom stereocenters. The highest BCUT2D eigenvalue weighted by molar-refractivity contribution is 5.15. The third-order valence-corrected chi connectivity index (χ3v) is 4.18. The molecule has 0 aromatic carbocycles. The van der Waals surface area contributed by atoms with Crippen LogP contribution in [0.2, 0.25) is 0 Å². The van der Waals surface area contributed by atoms with Crippen LogP contribution in [0.5, 0.6) is 0 Å². The van der Waals surface area contributed by atoms with Crippen LogP contribution in [0.3, 0.4) is 0 Å². The summed E-state index contributed by atoms with van der Waals surface area (Å²) < 4.78 is 0. The molecule has 12 heavy (non-hydrogen) atoms. The molecule has 0 saturated heterocycles. The van der Waals surface area contributed by atoms with Crippen molar-refractivity contribution in [1.82, 2.24) is 0 Å². The smallest absolute Gasteiger partial charge is 0.00776 e. The van der Waals surface area contributed by atoms with E-state index in [0.29, 0.717) is 16.9 Å². The van der Waals surface area contributed by atoms with Crippen LogP contribution in [0.1, 0.15) is 47.5 Å². The van der Waals surface area contributed by atoms with E-state index in [1.807, 2.05) is 0 Å². The summed E-state index contributed by atoms with van der Waals surface area (Å²) in [4.78, 5) is 0. The van der Waals surface area contributed by atoms with Crippen molar-refractivity contribution in [2.75, 3.05) is 0 Å². The van der Waals surface area contributed by atoms with Crippen LogP contribution in [-0.2, 0) is 0 Å². The van der Waals surface area contributed by atoms with Crippen molar-refractivity contribution in [3.05, 3.63) is 0 Å². The molecule has 1 fully saturated rings. The lowest BCUT2D eigenvalue weighted by Gasteiger charge is -2.11. The molecule has 0 heterocycles. The Morgan fingerprint density at radius 3 is 1.83 bits per heavy atom. The van der Waals surface area contributed by atoms with Crippen LogP contribution < -0.4 is 5.73 Å². The van der Waals surface area contributed by atoms with Gasteiger partial charge in [0, 0.05) is 6.04 Å². The molecule has 72 valence electrons. The van der Waals surface area contributed by atoms with Crippen molar-refractivity contribution in [3.8, 4) is 0 Å². The van der Waals surface area contributed by atoms with Gasteiger partial charge in [0.2, 0.25) is 0 Å². The van der Waals surface area contributed by atoms with Gasteiger partial charge in [-0.2, -0.15) is 0 Å². The molecule has 1 aliphatic rings. The van der Waals surface area contributed by atoms with E-state index in [-0.39, 0.29) is 0 Å². The van der Waals surface area contributed by atoms with Gasteiger partial charge in [-0.15, -0.1) is 0 Å². The maximum absolute atomic E-state index is 6.14. The van der Waals surface area contributed by atoms with Gasteiger partial charge in [0.1, 0.15) is 0 Å². The van der Waals surface area contributed by atoms with E-state index in [2.05, 4.69) is 34.6 Å². The highest BCUT2D eigenvalue weighted by atomic mass is 14.8. The highest BCUT2D eigenvalue weighted by Crippen LogP contribution is 2.69. The zero-order valence-corrected chi connectivity index (χ0v) is 9.15. The quantitative estimate of drug-likeness (QED) is 0.690. The van der Waals surface area contributed by atoms with Gasteiger partial charge in [-0.1, -0.05) is 41.0 Å². The number of nitrogens with two attached hydrogens (primary N) is 1. The maximum Gasteiger partial charge on any atom is 0.00776 e. The molecule has 0 aromatic heterocycles. The van der Waals surface area contributed by atoms with Crippen LogP contribution in [-0.4, -0.2) is 6.04 Å². The Morgan fingerprint density at radius 2 is 1.58 bits per heavy atom. The molecular formula is C11H23N. The average Bonchev–Trinajstić information content (AvgIpc) is 2.24. The standard InChI is InChI=1S/C11H23N/c1-6-7-8(12)9-10(2,3)11(9,4)5/h8-9H,6-7,12H2,1-5H3. The summed E-state index contributed by atoms with van der Waals surface area (Å²) >= 11 is 0. The van der Waals surface area contributed by atoms with Crippen LogP contribution >= 0.6 is 0 Å². The van der Waals surface area contributed by atoms with Gasteiger partial charge < -0.3 is 5.73 Å². The largest absolute Gasteiger partial charge is 0.327 e. The van der Waals surface area contributed by atoms with Gasteiger partial charge in [0.25, 0.3) is 0 Å². The van der Waals surface area contributed by atoms with Crippen molar-refractivity contribution < 1.29 is 0 Å². The van der Waals surface area contributed by atoms with Crippen molar-refractivity contribution >= 4 is 0 Å². The van der Waals surface area contributed by atoms with Gasteiger partial charge in [-0.3, -0.25) is 0 Å². The average molecular weight is 169 g/mol. The van der Waals surface area contributed by atoms with E-state index in [1.165, 1.54) is 12.8 Å². The van der Waals surface area contributed by atoms with Crippen LogP contribution in [0.15, 0.2) is 0 Å². The SMILES string of the molecule is CCCC(N)C1C(C)(C)C1(C)C. The fraction of sp³-hybridized carbons (Fsp3) is 1.00. The zero-order valence-electron chi connectivity index (χ0n) is 9.15. The van der Waals surface area contributed by atoms with Gasteiger partial charge in [-0.25, -0.2) is 0 Å². The maximum atomic E-state index is 6.14. The minimum atomic E-state index is 0.417. The van der Waals surface area contributed by atoms with Gasteiger partial charge in [-0.05, 0) is 23.2 Å². The molecule has 0 radical (unpaired) electrons. The summed E-state index contributed by atoms with van der Waals surface area (Å²) in [7, 11) is 0. The van der Waals surface area contributed by atoms with Gasteiger partial charge in [0.15, 0.2) is 0 Å². The van der Waals surface area contributed by atoms with E-state index < -0.39 is 0 Å². The summed E-state index contributed by atoms with van der Waals surface area (Å²) in [5.41, 5.74) is 7.06. The van der Waals surface area contributed by atoms with Gasteiger partial charge >= 0.3 is 0 Å². The summed E-state index contributed by atoms with van der Waals surface area (Å²) in [5, 5.41) is 0. The molecule has 0 aliphatic heterocycles. The van der Waals surface area contributed by atoms with Crippen molar-refractivity contribution in [1.29, 1.82) is 0 Å². The minimum Gasteiger partial charge on any atom is -0.327 e. The second-order valence-electron chi connectivity index (χ2n) is 5.37. The Morgan fingerprint density at radius 1 is 1.17 bits per heavy atom. The summed E-state index contributed by atoms with van der Waals surface area (Å²) in [6.45, 7) is 11.6. The monoisotopic (exact) mass is 169 g/mol. The lowest BCUT2D eigenvalue weighted by Crippen LogP contribution is -2.25. The highest BCUT2D eigenvalue weighted by Gasteiger charge is 2.66. The zero-order chi connectivity index (χ0) is 9.57. The molecule has 1 saturated carbocycles. The molecule has 1 nitrogen and oxygen atoms in total. The molecule has 0 amide bonds. The normalized spacial score (nSPS) is 28.5. The van der Waals surface area contributed by atoms with E-state index in [4.69, 9.17) is 5.73 Å². The fourth-order valence-corrected chi connectivity index (χ4v) is 2.82. The van der Waals surface area contributed by atoms with E-state index in [0.717, 1.165) is 5.92 Å². The van der Waals surface area contributed by atoms with E-state index >= 15 is 0 Å². The molecular weight excluding hydrogens is 146 g/mol. The molecule has 1 heteroatoms. The van der Waals surface area contributed by atoms with Crippen LogP contribution in [0.4, 0.5) is 0 Å². The minimum absolute atomic E-state index is 0.417. The van der Waals surface area contributed by atoms with E-state index in [1.54, 1.807) is 0 Å². The lowest BCUT2D eigenvalue weighted by molar-refractivity contribution is 0.454.